The van der Waals surface area contributed by atoms with Gasteiger partial charge in [-0.15, -0.1) is 0 Å². The van der Waals surface area contributed by atoms with E-state index in [1.54, 1.807) is 42.6 Å². The fourth-order valence-electron chi connectivity index (χ4n) is 1.99. The van der Waals surface area contributed by atoms with Gasteiger partial charge in [0.2, 0.25) is 5.88 Å². The minimum absolute atomic E-state index is 0.118. The minimum atomic E-state index is -0.118. The Balaban J connectivity index is 2.10. The van der Waals surface area contributed by atoms with Gasteiger partial charge in [-0.1, -0.05) is 11.6 Å². The summed E-state index contributed by atoms with van der Waals surface area (Å²) < 4.78 is 5.67. The maximum atomic E-state index is 12.5. The van der Waals surface area contributed by atoms with Gasteiger partial charge in [-0.25, -0.2) is 4.98 Å². The average molecular weight is 319 g/mol. The quantitative estimate of drug-likeness (QED) is 0.580. The van der Waals surface area contributed by atoms with E-state index in [2.05, 4.69) is 9.88 Å². The minimum Gasteiger partial charge on any atom is -0.477 e. The van der Waals surface area contributed by atoms with E-state index in [9.17, 15) is 4.79 Å². The Hall–Kier alpha value is -1.91. The van der Waals surface area contributed by atoms with Gasteiger partial charge in [0.15, 0.2) is 5.78 Å². The highest BCUT2D eigenvalue weighted by Crippen LogP contribution is 2.20. The molecule has 0 amide bonds. The lowest BCUT2D eigenvalue weighted by atomic mass is 10.0. The molecule has 4 nitrogen and oxygen atoms in total. The van der Waals surface area contributed by atoms with E-state index in [0.29, 0.717) is 28.6 Å². The molecule has 5 heteroatoms. The summed E-state index contributed by atoms with van der Waals surface area (Å²) in [6.07, 6.45) is 2.50. The second-order valence-corrected chi connectivity index (χ2v) is 5.63. The van der Waals surface area contributed by atoms with Gasteiger partial charge in [-0.05, 0) is 56.9 Å². The number of ketones is 1. The van der Waals surface area contributed by atoms with E-state index in [0.717, 1.165) is 13.0 Å². The number of hydrogen-bond donors (Lipinski definition) is 0. The van der Waals surface area contributed by atoms with E-state index in [1.807, 2.05) is 14.1 Å². The van der Waals surface area contributed by atoms with E-state index >= 15 is 0 Å². The van der Waals surface area contributed by atoms with Crippen LogP contribution in [0.5, 0.6) is 5.88 Å². The van der Waals surface area contributed by atoms with Crippen LogP contribution in [0.2, 0.25) is 5.02 Å². The molecule has 0 saturated carbocycles. The Labute approximate surface area is 135 Å². The van der Waals surface area contributed by atoms with Gasteiger partial charge in [0, 0.05) is 23.3 Å². The number of hydrogen-bond acceptors (Lipinski definition) is 4. The Morgan fingerprint density at radius 1 is 1.23 bits per heavy atom. The lowest BCUT2D eigenvalue weighted by Gasteiger charge is -2.12. The third-order valence-corrected chi connectivity index (χ3v) is 3.36. The van der Waals surface area contributed by atoms with Gasteiger partial charge in [0.05, 0.1) is 12.2 Å². The number of rotatable bonds is 7. The Bertz CT molecular complexity index is 627. The number of halogens is 1. The molecule has 1 aromatic carbocycles. The topological polar surface area (TPSA) is 42.4 Å². The molecule has 0 bridgehead atoms. The summed E-state index contributed by atoms with van der Waals surface area (Å²) in [6, 6.07) is 10.3. The second kappa shape index (κ2) is 7.92. The Morgan fingerprint density at radius 3 is 2.64 bits per heavy atom. The van der Waals surface area contributed by atoms with Crippen LogP contribution in [0.3, 0.4) is 0 Å². The predicted octanol–water partition coefficient (Wildman–Crippen LogP) is 3.30. The van der Waals surface area contributed by atoms with Gasteiger partial charge in [0.1, 0.15) is 0 Å². The van der Waals surface area contributed by atoms with Crippen molar-refractivity contribution in [3.8, 4) is 5.88 Å². The third-order valence-electron chi connectivity index (χ3n) is 3.11. The van der Waals surface area contributed by atoms with Crippen molar-refractivity contribution in [1.29, 1.82) is 0 Å². The molecule has 0 fully saturated rings. The summed E-state index contributed by atoms with van der Waals surface area (Å²) in [5.74, 6) is 0.258. The summed E-state index contributed by atoms with van der Waals surface area (Å²) >= 11 is 5.85. The Kier molecular flexibility index (Phi) is 5.92. The van der Waals surface area contributed by atoms with Gasteiger partial charge >= 0.3 is 0 Å². The summed E-state index contributed by atoms with van der Waals surface area (Å²) in [5, 5.41) is 0.600. The SMILES string of the molecule is CN(C)CCCOc1ncccc1C(=O)c1ccc(Cl)cc1. The first kappa shape index (κ1) is 16.5. The van der Waals surface area contributed by atoms with E-state index in [4.69, 9.17) is 16.3 Å². The van der Waals surface area contributed by atoms with Crippen molar-refractivity contribution in [3.63, 3.8) is 0 Å². The molecule has 2 rings (SSSR count). The molecule has 0 unspecified atom stereocenters. The molecule has 0 saturated heterocycles. The van der Waals surface area contributed by atoms with Crippen molar-refractivity contribution < 1.29 is 9.53 Å². The molecule has 0 aliphatic carbocycles. The fraction of sp³-hybridized carbons (Fsp3) is 0.294. The summed E-state index contributed by atoms with van der Waals surface area (Å²) in [4.78, 5) is 18.8. The molecule has 116 valence electrons. The number of aromatic nitrogens is 1. The van der Waals surface area contributed by atoms with Crippen molar-refractivity contribution in [2.75, 3.05) is 27.2 Å². The van der Waals surface area contributed by atoms with E-state index in [1.165, 1.54) is 0 Å². The fourth-order valence-corrected chi connectivity index (χ4v) is 2.11. The van der Waals surface area contributed by atoms with Crippen LogP contribution in [0.25, 0.3) is 0 Å². The normalized spacial score (nSPS) is 10.7. The number of carbonyl (C=O) groups excluding carboxylic acids is 1. The average Bonchev–Trinajstić information content (AvgIpc) is 2.52. The molecular weight excluding hydrogens is 300 g/mol. The lowest BCUT2D eigenvalue weighted by Crippen LogP contribution is -2.16. The molecular formula is C17H19ClN2O2. The molecule has 0 aliphatic heterocycles. The van der Waals surface area contributed by atoms with Crippen molar-refractivity contribution in [3.05, 3.63) is 58.7 Å². The van der Waals surface area contributed by atoms with Crippen molar-refractivity contribution in [2.45, 2.75) is 6.42 Å². The smallest absolute Gasteiger partial charge is 0.224 e. The molecule has 0 N–H and O–H groups in total. The standard InChI is InChI=1S/C17H19ClN2O2/c1-20(2)11-4-12-22-17-15(5-3-10-19-17)16(21)13-6-8-14(18)9-7-13/h3,5-10H,4,11-12H2,1-2H3. The number of nitrogens with zero attached hydrogens (tertiary/aromatic N) is 2. The summed E-state index contributed by atoms with van der Waals surface area (Å²) in [6.45, 7) is 1.45. The number of carbonyl (C=O) groups is 1. The molecule has 2 aromatic rings. The zero-order valence-electron chi connectivity index (χ0n) is 12.8. The molecule has 1 heterocycles. The highest BCUT2D eigenvalue weighted by Gasteiger charge is 2.15. The number of pyridine rings is 1. The van der Waals surface area contributed by atoms with Crippen LogP contribution in [0, 0.1) is 0 Å². The predicted molar refractivity (Wildman–Crippen MR) is 87.8 cm³/mol. The molecule has 1 aromatic heterocycles. The lowest BCUT2D eigenvalue weighted by molar-refractivity contribution is 0.103. The van der Waals surface area contributed by atoms with E-state index < -0.39 is 0 Å². The molecule has 0 spiro atoms. The molecule has 0 atom stereocenters. The molecule has 0 aliphatic rings. The molecule has 0 radical (unpaired) electrons. The summed E-state index contributed by atoms with van der Waals surface area (Å²) in [5.41, 5.74) is 1.03. The Morgan fingerprint density at radius 2 is 1.95 bits per heavy atom. The zero-order valence-corrected chi connectivity index (χ0v) is 13.5. The van der Waals surface area contributed by atoms with Crippen LogP contribution in [0.1, 0.15) is 22.3 Å². The monoisotopic (exact) mass is 318 g/mol. The van der Waals surface area contributed by atoms with Crippen molar-refractivity contribution in [1.82, 2.24) is 9.88 Å². The highest BCUT2D eigenvalue weighted by molar-refractivity contribution is 6.30. The first-order valence-corrected chi connectivity index (χ1v) is 7.48. The van der Waals surface area contributed by atoms with Crippen LogP contribution >= 0.6 is 11.6 Å². The molecule has 22 heavy (non-hydrogen) atoms. The van der Waals surface area contributed by atoms with E-state index in [-0.39, 0.29) is 5.78 Å². The van der Waals surface area contributed by atoms with Gasteiger partial charge in [-0.2, -0.15) is 0 Å². The van der Waals surface area contributed by atoms with Crippen LogP contribution in [-0.4, -0.2) is 42.9 Å². The largest absolute Gasteiger partial charge is 0.477 e. The van der Waals surface area contributed by atoms with Gasteiger partial charge in [-0.3, -0.25) is 4.79 Å². The highest BCUT2D eigenvalue weighted by atomic mass is 35.5. The zero-order chi connectivity index (χ0) is 15.9. The second-order valence-electron chi connectivity index (χ2n) is 5.20. The maximum absolute atomic E-state index is 12.5. The van der Waals surface area contributed by atoms with Crippen LogP contribution in [0.15, 0.2) is 42.6 Å². The summed E-state index contributed by atoms with van der Waals surface area (Å²) in [7, 11) is 4.02. The van der Waals surface area contributed by atoms with Crippen molar-refractivity contribution in [2.24, 2.45) is 0 Å². The number of ether oxygens (including phenoxy) is 1. The first-order chi connectivity index (χ1) is 10.6. The maximum Gasteiger partial charge on any atom is 0.224 e. The first-order valence-electron chi connectivity index (χ1n) is 7.11. The third kappa shape index (κ3) is 4.55. The van der Waals surface area contributed by atoms with Crippen LogP contribution in [-0.2, 0) is 0 Å². The number of benzene rings is 1. The van der Waals surface area contributed by atoms with Gasteiger partial charge < -0.3 is 9.64 Å². The van der Waals surface area contributed by atoms with Crippen LogP contribution in [0.4, 0.5) is 0 Å². The van der Waals surface area contributed by atoms with Crippen molar-refractivity contribution >= 4 is 17.4 Å². The van der Waals surface area contributed by atoms with Crippen LogP contribution < -0.4 is 4.74 Å². The van der Waals surface area contributed by atoms with Gasteiger partial charge in [0.25, 0.3) is 0 Å².